The van der Waals surface area contributed by atoms with Gasteiger partial charge in [0.15, 0.2) is 0 Å². The molecule has 2 fully saturated rings. The zero-order valence-corrected chi connectivity index (χ0v) is 11.9. The Morgan fingerprint density at radius 1 is 1.22 bits per heavy atom. The lowest BCUT2D eigenvalue weighted by atomic mass is 9.96. The summed E-state index contributed by atoms with van der Waals surface area (Å²) < 4.78 is 5.50. The van der Waals surface area contributed by atoms with E-state index in [1.165, 1.54) is 19.3 Å². The van der Waals surface area contributed by atoms with Crippen molar-refractivity contribution in [2.24, 2.45) is 0 Å². The molecule has 0 aromatic rings. The van der Waals surface area contributed by atoms with Gasteiger partial charge in [-0.15, -0.1) is 0 Å². The third-order valence-corrected chi connectivity index (χ3v) is 3.74. The first-order valence-electron chi connectivity index (χ1n) is 7.20. The number of hydrogen-bond donors (Lipinski definition) is 1. The predicted octanol–water partition coefficient (Wildman–Crippen LogP) is 2.53. The Bertz CT molecular complexity index is 293. The van der Waals surface area contributed by atoms with Crippen LogP contribution in [-0.4, -0.2) is 41.8 Å². The summed E-state index contributed by atoms with van der Waals surface area (Å²) >= 11 is 0. The second-order valence-corrected chi connectivity index (χ2v) is 6.44. The molecule has 2 heterocycles. The molecule has 0 spiro atoms. The van der Waals surface area contributed by atoms with Crippen LogP contribution in [-0.2, 0) is 4.74 Å². The van der Waals surface area contributed by atoms with Gasteiger partial charge in [0.2, 0.25) is 0 Å². The topological polar surface area (TPSA) is 41.6 Å². The van der Waals surface area contributed by atoms with E-state index in [9.17, 15) is 4.79 Å². The molecule has 2 atom stereocenters. The molecule has 2 rings (SSSR count). The molecule has 0 aromatic heterocycles. The minimum Gasteiger partial charge on any atom is -0.444 e. The molecule has 2 aliphatic rings. The van der Waals surface area contributed by atoms with E-state index in [0.717, 1.165) is 25.9 Å². The fraction of sp³-hybridized carbons (Fsp3) is 0.929. The van der Waals surface area contributed by atoms with Crippen molar-refractivity contribution in [2.45, 2.75) is 70.6 Å². The molecular formula is C14H26N2O2. The highest BCUT2D eigenvalue weighted by Crippen LogP contribution is 2.26. The lowest BCUT2D eigenvalue weighted by molar-refractivity contribution is 0.0186. The average Bonchev–Trinajstić information content (AvgIpc) is 2.76. The van der Waals surface area contributed by atoms with Crippen LogP contribution in [0.5, 0.6) is 0 Å². The largest absolute Gasteiger partial charge is 0.444 e. The summed E-state index contributed by atoms with van der Waals surface area (Å²) in [6.45, 7) is 7.71. The van der Waals surface area contributed by atoms with Crippen molar-refractivity contribution in [2.75, 3.05) is 13.1 Å². The third-order valence-electron chi connectivity index (χ3n) is 3.74. The zero-order valence-electron chi connectivity index (χ0n) is 11.9. The SMILES string of the molecule is CC(C)(C)OC(=O)N1CCC[C@H]1[C@@H]1CCCCN1. The van der Waals surface area contributed by atoms with Crippen LogP contribution in [0.3, 0.4) is 0 Å². The number of hydrogen-bond acceptors (Lipinski definition) is 3. The summed E-state index contributed by atoms with van der Waals surface area (Å²) in [5.41, 5.74) is -0.399. The molecule has 0 aromatic carbocycles. The third kappa shape index (κ3) is 3.37. The molecule has 0 aliphatic carbocycles. The molecule has 104 valence electrons. The summed E-state index contributed by atoms with van der Waals surface area (Å²) in [6, 6.07) is 0.800. The first kappa shape index (κ1) is 13.7. The molecule has 0 unspecified atom stereocenters. The maximum absolute atomic E-state index is 12.2. The fourth-order valence-electron chi connectivity index (χ4n) is 2.97. The van der Waals surface area contributed by atoms with Gasteiger partial charge < -0.3 is 15.0 Å². The highest BCUT2D eigenvalue weighted by atomic mass is 16.6. The normalized spacial score (nSPS) is 29.4. The van der Waals surface area contributed by atoms with Gasteiger partial charge in [-0.2, -0.15) is 0 Å². The molecule has 4 nitrogen and oxygen atoms in total. The summed E-state index contributed by atoms with van der Waals surface area (Å²) in [7, 11) is 0. The van der Waals surface area contributed by atoms with Gasteiger partial charge in [-0.05, 0) is 53.0 Å². The van der Waals surface area contributed by atoms with Crippen LogP contribution in [0.25, 0.3) is 0 Å². The maximum atomic E-state index is 12.2. The number of piperidine rings is 1. The summed E-state index contributed by atoms with van der Waals surface area (Å²) in [4.78, 5) is 14.1. The van der Waals surface area contributed by atoms with E-state index in [1.807, 2.05) is 25.7 Å². The molecule has 4 heteroatoms. The Morgan fingerprint density at radius 3 is 2.61 bits per heavy atom. The average molecular weight is 254 g/mol. The number of amides is 1. The number of nitrogens with zero attached hydrogens (tertiary/aromatic N) is 1. The summed E-state index contributed by atoms with van der Waals surface area (Å²) in [5, 5.41) is 3.56. The van der Waals surface area contributed by atoms with Crippen molar-refractivity contribution in [3.8, 4) is 0 Å². The molecule has 1 amide bonds. The number of likely N-dealkylation sites (tertiary alicyclic amines) is 1. The number of carbonyl (C=O) groups excluding carboxylic acids is 1. The Labute approximate surface area is 110 Å². The molecule has 0 bridgehead atoms. The van der Waals surface area contributed by atoms with Crippen LogP contribution in [0.1, 0.15) is 52.9 Å². The van der Waals surface area contributed by atoms with E-state index in [0.29, 0.717) is 12.1 Å². The van der Waals surface area contributed by atoms with E-state index in [4.69, 9.17) is 4.74 Å². The first-order chi connectivity index (χ1) is 8.47. The van der Waals surface area contributed by atoms with Crippen molar-refractivity contribution >= 4 is 6.09 Å². The van der Waals surface area contributed by atoms with Crippen molar-refractivity contribution in [3.63, 3.8) is 0 Å². The predicted molar refractivity (Wildman–Crippen MR) is 71.6 cm³/mol. The van der Waals surface area contributed by atoms with E-state index in [1.54, 1.807) is 0 Å². The van der Waals surface area contributed by atoms with Crippen LogP contribution < -0.4 is 5.32 Å². The van der Waals surface area contributed by atoms with Gasteiger partial charge in [0.1, 0.15) is 5.60 Å². The minimum atomic E-state index is -0.399. The molecule has 1 N–H and O–H groups in total. The van der Waals surface area contributed by atoms with E-state index in [2.05, 4.69) is 5.32 Å². The second kappa shape index (κ2) is 5.47. The van der Waals surface area contributed by atoms with Gasteiger partial charge in [0.25, 0.3) is 0 Å². The van der Waals surface area contributed by atoms with Gasteiger partial charge in [0, 0.05) is 12.6 Å². The minimum absolute atomic E-state index is 0.141. The smallest absolute Gasteiger partial charge is 0.410 e. The van der Waals surface area contributed by atoms with Gasteiger partial charge in [-0.3, -0.25) is 0 Å². The van der Waals surface area contributed by atoms with Gasteiger partial charge in [-0.25, -0.2) is 4.79 Å². The van der Waals surface area contributed by atoms with Crippen molar-refractivity contribution in [3.05, 3.63) is 0 Å². The molecule has 2 saturated heterocycles. The summed E-state index contributed by atoms with van der Waals surface area (Å²) in [6.07, 6.45) is 5.78. The lowest BCUT2D eigenvalue weighted by Crippen LogP contribution is -2.51. The Kier molecular flexibility index (Phi) is 4.15. The Hall–Kier alpha value is -0.770. The van der Waals surface area contributed by atoms with Crippen molar-refractivity contribution in [1.82, 2.24) is 10.2 Å². The quantitative estimate of drug-likeness (QED) is 0.782. The van der Waals surface area contributed by atoms with Crippen LogP contribution in [0.2, 0.25) is 0 Å². The van der Waals surface area contributed by atoms with Crippen molar-refractivity contribution in [1.29, 1.82) is 0 Å². The van der Waals surface area contributed by atoms with Crippen LogP contribution in [0.4, 0.5) is 4.79 Å². The molecule has 18 heavy (non-hydrogen) atoms. The van der Waals surface area contributed by atoms with Crippen LogP contribution in [0.15, 0.2) is 0 Å². The van der Waals surface area contributed by atoms with Gasteiger partial charge in [0.05, 0.1) is 6.04 Å². The Morgan fingerprint density at radius 2 is 2.00 bits per heavy atom. The van der Waals surface area contributed by atoms with E-state index in [-0.39, 0.29) is 6.09 Å². The lowest BCUT2D eigenvalue weighted by Gasteiger charge is -2.35. The monoisotopic (exact) mass is 254 g/mol. The highest BCUT2D eigenvalue weighted by molar-refractivity contribution is 5.69. The molecular weight excluding hydrogens is 228 g/mol. The van der Waals surface area contributed by atoms with Crippen molar-refractivity contribution < 1.29 is 9.53 Å². The van der Waals surface area contributed by atoms with Crippen LogP contribution in [0, 0.1) is 0 Å². The van der Waals surface area contributed by atoms with Gasteiger partial charge in [-0.1, -0.05) is 6.42 Å². The number of rotatable bonds is 1. The second-order valence-electron chi connectivity index (χ2n) is 6.44. The number of ether oxygens (including phenoxy) is 1. The fourth-order valence-corrected chi connectivity index (χ4v) is 2.97. The number of carbonyl (C=O) groups is 1. The molecule has 0 radical (unpaired) electrons. The standard InChI is InChI=1S/C14H26N2O2/c1-14(2,3)18-13(17)16-10-6-8-12(16)11-7-4-5-9-15-11/h11-12,15H,4-10H2,1-3H3/t11-,12-/m0/s1. The molecule has 2 aliphatic heterocycles. The van der Waals surface area contributed by atoms with E-state index >= 15 is 0 Å². The maximum Gasteiger partial charge on any atom is 0.410 e. The first-order valence-corrected chi connectivity index (χ1v) is 7.20. The molecule has 0 saturated carbocycles. The highest BCUT2D eigenvalue weighted by Gasteiger charge is 2.37. The zero-order chi connectivity index (χ0) is 13.2. The summed E-state index contributed by atoms with van der Waals surface area (Å²) in [5.74, 6) is 0. The van der Waals surface area contributed by atoms with Crippen LogP contribution >= 0.6 is 0 Å². The number of nitrogens with one attached hydrogen (secondary N) is 1. The Balaban J connectivity index is 1.96. The van der Waals surface area contributed by atoms with Gasteiger partial charge >= 0.3 is 6.09 Å². The van der Waals surface area contributed by atoms with E-state index < -0.39 is 5.60 Å².